The summed E-state index contributed by atoms with van der Waals surface area (Å²) in [7, 11) is -4.03. The van der Waals surface area contributed by atoms with Gasteiger partial charge in [0.25, 0.3) is 0 Å². The van der Waals surface area contributed by atoms with Crippen molar-refractivity contribution >= 4 is 49.7 Å². The third-order valence-electron chi connectivity index (χ3n) is 1.86. The zero-order valence-electron chi connectivity index (χ0n) is 8.17. The van der Waals surface area contributed by atoms with E-state index in [9.17, 15) is 8.42 Å². The fourth-order valence-corrected chi connectivity index (χ4v) is 2.94. The Hall–Kier alpha value is -0.290. The van der Waals surface area contributed by atoms with Crippen molar-refractivity contribution in [2.45, 2.75) is 15.6 Å². The van der Waals surface area contributed by atoms with Crippen LogP contribution < -0.4 is 0 Å². The molecule has 0 saturated heterocycles. The third kappa shape index (κ3) is 2.88. The second kappa shape index (κ2) is 4.53. The van der Waals surface area contributed by atoms with Crippen molar-refractivity contribution < 1.29 is 8.42 Å². The van der Waals surface area contributed by atoms with Gasteiger partial charge in [0.1, 0.15) is 0 Å². The lowest BCUT2D eigenvalue weighted by Gasteiger charge is -2.12. The SMILES string of the molecule is Cc1ccc(S(=O)(=O)C(=N)C(Cl)(Cl)Cl)cc1. The van der Waals surface area contributed by atoms with Gasteiger partial charge in [0.15, 0.2) is 5.04 Å². The van der Waals surface area contributed by atoms with Gasteiger partial charge in [-0.2, -0.15) is 0 Å². The van der Waals surface area contributed by atoms with Crippen molar-refractivity contribution in [3.63, 3.8) is 0 Å². The summed E-state index contributed by atoms with van der Waals surface area (Å²) in [4.78, 5) is -0.0607. The highest BCUT2D eigenvalue weighted by atomic mass is 35.6. The molecule has 0 aromatic heterocycles. The normalized spacial score (nSPS) is 12.5. The Morgan fingerprint density at radius 3 is 2.00 bits per heavy atom. The van der Waals surface area contributed by atoms with E-state index in [0.29, 0.717) is 0 Å². The molecule has 0 fully saturated rings. The molecule has 0 aliphatic rings. The molecule has 0 atom stereocenters. The van der Waals surface area contributed by atoms with E-state index in [1.807, 2.05) is 6.92 Å². The molecule has 1 aromatic carbocycles. The fourth-order valence-electron chi connectivity index (χ4n) is 0.988. The summed E-state index contributed by atoms with van der Waals surface area (Å²) in [5.74, 6) is 0. The van der Waals surface area contributed by atoms with E-state index in [-0.39, 0.29) is 4.90 Å². The average molecular weight is 301 g/mol. The molecular weight excluding hydrogens is 293 g/mol. The molecule has 1 aromatic rings. The fraction of sp³-hybridized carbons (Fsp3) is 0.222. The first-order chi connectivity index (χ1) is 7.15. The number of alkyl halides is 3. The molecule has 7 heteroatoms. The number of hydrogen-bond donors (Lipinski definition) is 1. The summed E-state index contributed by atoms with van der Waals surface area (Å²) < 4.78 is 21.4. The van der Waals surface area contributed by atoms with Crippen LogP contribution in [0, 0.1) is 12.3 Å². The Kier molecular flexibility index (Phi) is 3.90. The van der Waals surface area contributed by atoms with E-state index in [2.05, 4.69) is 0 Å². The van der Waals surface area contributed by atoms with E-state index in [0.717, 1.165) is 5.56 Å². The molecule has 0 aliphatic heterocycles. The predicted octanol–water partition coefficient (Wildman–Crippen LogP) is 3.12. The van der Waals surface area contributed by atoms with Crippen LogP contribution in [0.1, 0.15) is 5.56 Å². The van der Waals surface area contributed by atoms with Gasteiger partial charge in [0.2, 0.25) is 13.6 Å². The number of halogens is 3. The molecule has 0 heterocycles. The largest absolute Gasteiger partial charge is 0.290 e. The zero-order valence-corrected chi connectivity index (χ0v) is 11.3. The van der Waals surface area contributed by atoms with Gasteiger partial charge < -0.3 is 0 Å². The molecule has 0 saturated carbocycles. The molecule has 3 nitrogen and oxygen atoms in total. The van der Waals surface area contributed by atoms with Gasteiger partial charge in [-0.25, -0.2) is 8.42 Å². The summed E-state index contributed by atoms with van der Waals surface area (Å²) in [6.07, 6.45) is 0. The smallest absolute Gasteiger partial charge is 0.243 e. The van der Waals surface area contributed by atoms with Gasteiger partial charge in [-0.3, -0.25) is 5.41 Å². The zero-order chi connectivity index (χ0) is 12.6. The summed E-state index contributed by atoms with van der Waals surface area (Å²) in [6, 6.07) is 5.96. The number of rotatable bonds is 1. The molecule has 0 amide bonds. The molecule has 0 radical (unpaired) electrons. The summed E-state index contributed by atoms with van der Waals surface area (Å²) in [5.41, 5.74) is 0.902. The van der Waals surface area contributed by atoms with E-state index in [4.69, 9.17) is 40.2 Å². The lowest BCUT2D eigenvalue weighted by molar-refractivity contribution is 0.606. The van der Waals surface area contributed by atoms with Crippen LogP contribution in [0.2, 0.25) is 0 Å². The second-order valence-electron chi connectivity index (χ2n) is 3.14. The minimum absolute atomic E-state index is 0.0607. The van der Waals surface area contributed by atoms with E-state index < -0.39 is 18.7 Å². The highest BCUT2D eigenvalue weighted by molar-refractivity contribution is 8.07. The highest BCUT2D eigenvalue weighted by Crippen LogP contribution is 2.32. The van der Waals surface area contributed by atoms with E-state index >= 15 is 0 Å². The molecular formula is C9H8Cl3NO2S. The van der Waals surface area contributed by atoms with E-state index in [1.54, 1.807) is 12.1 Å². The van der Waals surface area contributed by atoms with Crippen LogP contribution in [-0.4, -0.2) is 17.3 Å². The first-order valence-electron chi connectivity index (χ1n) is 4.13. The standard InChI is InChI=1S/C9H8Cl3NO2S/c1-6-2-4-7(5-3-6)16(14,15)8(13)9(10,11)12/h2-5,13H,1H3. The van der Waals surface area contributed by atoms with Crippen molar-refractivity contribution in [2.75, 3.05) is 0 Å². The maximum absolute atomic E-state index is 11.8. The number of hydrogen-bond acceptors (Lipinski definition) is 3. The minimum atomic E-state index is -4.03. The van der Waals surface area contributed by atoms with Crippen LogP contribution in [0.15, 0.2) is 29.2 Å². The molecule has 0 aliphatic carbocycles. The van der Waals surface area contributed by atoms with Crippen LogP contribution in [0.5, 0.6) is 0 Å². The molecule has 0 unspecified atom stereocenters. The molecule has 1 rings (SSSR count). The van der Waals surface area contributed by atoms with Crippen LogP contribution in [0.4, 0.5) is 0 Å². The Morgan fingerprint density at radius 2 is 1.62 bits per heavy atom. The van der Waals surface area contributed by atoms with Crippen LogP contribution >= 0.6 is 34.8 Å². The highest BCUT2D eigenvalue weighted by Gasteiger charge is 2.37. The number of benzene rings is 1. The molecule has 0 bridgehead atoms. The first-order valence-corrected chi connectivity index (χ1v) is 6.75. The van der Waals surface area contributed by atoms with Gasteiger partial charge in [0.05, 0.1) is 4.90 Å². The number of sulfone groups is 1. The Morgan fingerprint density at radius 1 is 1.19 bits per heavy atom. The van der Waals surface area contributed by atoms with Crippen molar-refractivity contribution in [3.05, 3.63) is 29.8 Å². The van der Waals surface area contributed by atoms with Gasteiger partial charge in [-0.15, -0.1) is 0 Å². The Balaban J connectivity index is 3.23. The lowest BCUT2D eigenvalue weighted by atomic mass is 10.2. The van der Waals surface area contributed by atoms with Gasteiger partial charge in [0, 0.05) is 0 Å². The predicted molar refractivity (Wildman–Crippen MR) is 66.4 cm³/mol. The summed E-state index contributed by atoms with van der Waals surface area (Å²) in [6.45, 7) is 1.82. The van der Waals surface area contributed by atoms with Crippen LogP contribution in [0.25, 0.3) is 0 Å². The maximum atomic E-state index is 11.8. The molecule has 1 N–H and O–H groups in total. The van der Waals surface area contributed by atoms with Crippen molar-refractivity contribution in [1.82, 2.24) is 0 Å². The molecule has 88 valence electrons. The van der Waals surface area contributed by atoms with Gasteiger partial charge in [-0.1, -0.05) is 52.5 Å². The number of nitrogens with one attached hydrogen (secondary N) is 1. The van der Waals surface area contributed by atoms with E-state index in [1.165, 1.54) is 12.1 Å². The maximum Gasteiger partial charge on any atom is 0.243 e. The number of aryl methyl sites for hydroxylation is 1. The van der Waals surface area contributed by atoms with Crippen LogP contribution in [0.3, 0.4) is 0 Å². The van der Waals surface area contributed by atoms with Crippen molar-refractivity contribution in [2.24, 2.45) is 0 Å². The summed E-state index contributed by atoms with van der Waals surface area (Å²) in [5, 5.41) is 6.40. The first kappa shape index (κ1) is 13.8. The Bertz CT molecular complexity index is 503. The third-order valence-corrected chi connectivity index (χ3v) is 4.50. The topological polar surface area (TPSA) is 58.0 Å². The van der Waals surface area contributed by atoms with Gasteiger partial charge in [-0.05, 0) is 19.1 Å². The minimum Gasteiger partial charge on any atom is -0.290 e. The van der Waals surface area contributed by atoms with Gasteiger partial charge >= 0.3 is 0 Å². The quantitative estimate of drug-likeness (QED) is 0.492. The van der Waals surface area contributed by atoms with Crippen molar-refractivity contribution in [3.8, 4) is 0 Å². The average Bonchev–Trinajstić information content (AvgIpc) is 2.16. The van der Waals surface area contributed by atoms with Crippen molar-refractivity contribution in [1.29, 1.82) is 5.41 Å². The lowest BCUT2D eigenvalue weighted by Crippen LogP contribution is -2.27. The van der Waals surface area contributed by atoms with Crippen LogP contribution in [-0.2, 0) is 9.84 Å². The monoisotopic (exact) mass is 299 g/mol. The molecule has 16 heavy (non-hydrogen) atoms. The Labute approximate surface area is 109 Å². The summed E-state index contributed by atoms with van der Waals surface area (Å²) >= 11 is 16.1. The second-order valence-corrected chi connectivity index (χ2v) is 7.31. The molecule has 0 spiro atoms.